The number of nitrogens with one attached hydrogen (secondary N) is 1. The van der Waals surface area contributed by atoms with Gasteiger partial charge < -0.3 is 14.8 Å². The van der Waals surface area contributed by atoms with Crippen LogP contribution in [0.2, 0.25) is 0 Å². The van der Waals surface area contributed by atoms with E-state index in [9.17, 15) is 9.90 Å². The third-order valence-electron chi connectivity index (χ3n) is 3.15. The maximum absolute atomic E-state index is 11.7. The molecule has 0 aliphatic rings. The highest BCUT2D eigenvalue weighted by Crippen LogP contribution is 2.15. The summed E-state index contributed by atoms with van der Waals surface area (Å²) < 4.78 is 5.31. The molecule has 0 unspecified atom stereocenters. The third-order valence-corrected chi connectivity index (χ3v) is 3.15. The molecular formula is C16H20N2O3. The second-order valence-electron chi connectivity index (χ2n) is 4.94. The Morgan fingerprint density at radius 3 is 2.90 bits per heavy atom. The van der Waals surface area contributed by atoms with E-state index in [2.05, 4.69) is 10.3 Å². The number of aromatic nitrogens is 1. The number of pyridine rings is 1. The lowest BCUT2D eigenvalue weighted by molar-refractivity contribution is -0.121. The molecule has 2 rings (SSSR count). The Kier molecular flexibility index (Phi) is 5.51. The molecule has 21 heavy (non-hydrogen) atoms. The minimum Gasteiger partial charge on any atom is -0.464 e. The first-order valence-corrected chi connectivity index (χ1v) is 7.06. The highest BCUT2D eigenvalue weighted by atomic mass is 16.4. The molecule has 0 spiro atoms. The molecule has 2 heterocycles. The smallest absolute Gasteiger partial charge is 0.220 e. The molecule has 2 aromatic heterocycles. The van der Waals surface area contributed by atoms with Gasteiger partial charge in [0, 0.05) is 18.3 Å². The average Bonchev–Trinajstić information content (AvgIpc) is 2.92. The fraction of sp³-hybridized carbons (Fsp3) is 0.375. The first-order valence-electron chi connectivity index (χ1n) is 7.06. The molecule has 1 amide bonds. The molecule has 0 aromatic carbocycles. The normalized spacial score (nSPS) is 12.1. The van der Waals surface area contributed by atoms with Gasteiger partial charge in [-0.1, -0.05) is 6.07 Å². The van der Waals surface area contributed by atoms with Crippen molar-refractivity contribution in [2.75, 3.05) is 6.54 Å². The number of aliphatic hydroxyl groups is 1. The van der Waals surface area contributed by atoms with E-state index in [1.807, 2.05) is 25.1 Å². The molecule has 0 aliphatic carbocycles. The summed E-state index contributed by atoms with van der Waals surface area (Å²) in [6, 6.07) is 9.25. The van der Waals surface area contributed by atoms with Crippen molar-refractivity contribution >= 4 is 5.91 Å². The van der Waals surface area contributed by atoms with Gasteiger partial charge in [-0.3, -0.25) is 9.78 Å². The molecule has 0 fully saturated rings. The van der Waals surface area contributed by atoms with Gasteiger partial charge in [0.05, 0.1) is 6.54 Å². The predicted molar refractivity (Wildman–Crippen MR) is 78.6 cm³/mol. The summed E-state index contributed by atoms with van der Waals surface area (Å²) in [7, 11) is 0. The van der Waals surface area contributed by atoms with Crippen LogP contribution in [0.15, 0.2) is 40.9 Å². The van der Waals surface area contributed by atoms with Crippen LogP contribution in [0.1, 0.15) is 36.2 Å². The molecule has 112 valence electrons. The van der Waals surface area contributed by atoms with Crippen molar-refractivity contribution in [2.45, 2.75) is 32.3 Å². The van der Waals surface area contributed by atoms with Gasteiger partial charge in [0.2, 0.25) is 5.91 Å². The standard InChI is InChI=1S/C16H20N2O3/c1-12-8-9-15(21-12)14(19)11-18-16(20)7-4-6-13-5-2-3-10-17-13/h2-3,5,8-10,14,19H,4,6-7,11H2,1H3,(H,18,20)/t14-/m1/s1. The van der Waals surface area contributed by atoms with E-state index in [0.717, 1.165) is 24.3 Å². The molecule has 5 nitrogen and oxygen atoms in total. The summed E-state index contributed by atoms with van der Waals surface area (Å²) in [6.45, 7) is 1.97. The summed E-state index contributed by atoms with van der Waals surface area (Å²) in [5.41, 5.74) is 0.983. The zero-order valence-electron chi connectivity index (χ0n) is 12.1. The number of hydrogen-bond acceptors (Lipinski definition) is 4. The van der Waals surface area contributed by atoms with Crippen LogP contribution in [0.5, 0.6) is 0 Å². The van der Waals surface area contributed by atoms with Crippen molar-refractivity contribution in [3.63, 3.8) is 0 Å². The van der Waals surface area contributed by atoms with E-state index in [-0.39, 0.29) is 12.5 Å². The monoisotopic (exact) mass is 288 g/mol. The number of amides is 1. The number of aryl methyl sites for hydroxylation is 2. The molecule has 0 aliphatic heterocycles. The lowest BCUT2D eigenvalue weighted by atomic mass is 10.1. The highest BCUT2D eigenvalue weighted by Gasteiger charge is 2.12. The number of hydrogen-bond donors (Lipinski definition) is 2. The number of nitrogens with zero attached hydrogens (tertiary/aromatic N) is 1. The first-order chi connectivity index (χ1) is 10.1. The van der Waals surface area contributed by atoms with Gasteiger partial charge in [-0.05, 0) is 44.0 Å². The van der Waals surface area contributed by atoms with E-state index in [1.165, 1.54) is 0 Å². The van der Waals surface area contributed by atoms with Crippen LogP contribution in [0, 0.1) is 6.92 Å². The summed E-state index contributed by atoms with van der Waals surface area (Å²) in [5.74, 6) is 1.14. The Morgan fingerprint density at radius 2 is 2.24 bits per heavy atom. The lowest BCUT2D eigenvalue weighted by Gasteiger charge is -2.09. The van der Waals surface area contributed by atoms with Crippen LogP contribution < -0.4 is 5.32 Å². The molecule has 0 radical (unpaired) electrons. The van der Waals surface area contributed by atoms with Gasteiger partial charge in [-0.25, -0.2) is 0 Å². The maximum Gasteiger partial charge on any atom is 0.220 e. The minimum atomic E-state index is -0.807. The van der Waals surface area contributed by atoms with Crippen molar-refractivity contribution in [3.05, 3.63) is 53.7 Å². The van der Waals surface area contributed by atoms with E-state index in [1.54, 1.807) is 18.3 Å². The maximum atomic E-state index is 11.7. The van der Waals surface area contributed by atoms with Crippen molar-refractivity contribution in [1.29, 1.82) is 0 Å². The molecule has 5 heteroatoms. The quantitative estimate of drug-likeness (QED) is 0.818. The Balaban J connectivity index is 1.65. The van der Waals surface area contributed by atoms with Gasteiger partial charge >= 0.3 is 0 Å². The Labute approximate surface area is 124 Å². The SMILES string of the molecule is Cc1ccc([C@H](O)CNC(=O)CCCc2ccccn2)o1. The molecular weight excluding hydrogens is 268 g/mol. The average molecular weight is 288 g/mol. The number of carbonyl (C=O) groups is 1. The van der Waals surface area contributed by atoms with Crippen LogP contribution in [0.3, 0.4) is 0 Å². The summed E-state index contributed by atoms with van der Waals surface area (Å²) >= 11 is 0. The summed E-state index contributed by atoms with van der Waals surface area (Å²) in [4.78, 5) is 15.9. The van der Waals surface area contributed by atoms with E-state index in [4.69, 9.17) is 4.42 Å². The van der Waals surface area contributed by atoms with Crippen molar-refractivity contribution in [3.8, 4) is 0 Å². The van der Waals surface area contributed by atoms with Crippen molar-refractivity contribution in [2.24, 2.45) is 0 Å². The fourth-order valence-electron chi connectivity index (χ4n) is 2.01. The highest BCUT2D eigenvalue weighted by molar-refractivity contribution is 5.75. The van der Waals surface area contributed by atoms with Gasteiger partial charge in [0.15, 0.2) is 0 Å². The molecule has 2 N–H and O–H groups in total. The summed E-state index contributed by atoms with van der Waals surface area (Å²) in [5, 5.41) is 12.6. The molecule has 0 saturated heterocycles. The van der Waals surface area contributed by atoms with Gasteiger partial charge in [0.25, 0.3) is 0 Å². The Morgan fingerprint density at radius 1 is 1.38 bits per heavy atom. The first kappa shape index (κ1) is 15.3. The van der Waals surface area contributed by atoms with Crippen LogP contribution in [0.4, 0.5) is 0 Å². The largest absolute Gasteiger partial charge is 0.464 e. The number of aliphatic hydroxyl groups excluding tert-OH is 1. The van der Waals surface area contributed by atoms with E-state index >= 15 is 0 Å². The second-order valence-corrected chi connectivity index (χ2v) is 4.94. The van der Waals surface area contributed by atoms with E-state index < -0.39 is 6.10 Å². The molecule has 1 atom stereocenters. The van der Waals surface area contributed by atoms with Gasteiger partial charge in [0.1, 0.15) is 17.6 Å². The van der Waals surface area contributed by atoms with Crippen LogP contribution in [-0.4, -0.2) is 22.5 Å². The zero-order chi connectivity index (χ0) is 15.1. The van der Waals surface area contributed by atoms with Crippen molar-refractivity contribution < 1.29 is 14.3 Å². The zero-order valence-corrected chi connectivity index (χ0v) is 12.1. The van der Waals surface area contributed by atoms with Gasteiger partial charge in [-0.2, -0.15) is 0 Å². The van der Waals surface area contributed by atoms with Gasteiger partial charge in [-0.15, -0.1) is 0 Å². The number of rotatable bonds is 7. The molecule has 2 aromatic rings. The topological polar surface area (TPSA) is 75.4 Å². The molecule has 0 saturated carbocycles. The van der Waals surface area contributed by atoms with E-state index in [0.29, 0.717) is 12.2 Å². The van der Waals surface area contributed by atoms with Crippen molar-refractivity contribution in [1.82, 2.24) is 10.3 Å². The molecule has 0 bridgehead atoms. The van der Waals surface area contributed by atoms with Crippen LogP contribution >= 0.6 is 0 Å². The predicted octanol–water partition coefficient (Wildman–Crippen LogP) is 2.16. The lowest BCUT2D eigenvalue weighted by Crippen LogP contribution is -2.28. The summed E-state index contributed by atoms with van der Waals surface area (Å²) in [6.07, 6.45) is 2.86. The minimum absolute atomic E-state index is 0.0757. The van der Waals surface area contributed by atoms with Crippen LogP contribution in [0.25, 0.3) is 0 Å². The number of carbonyl (C=O) groups excluding carboxylic acids is 1. The Bertz CT molecular complexity index is 566. The number of furan rings is 1. The third kappa shape index (κ3) is 5.04. The Hall–Kier alpha value is -2.14. The second kappa shape index (κ2) is 7.59. The fourth-order valence-corrected chi connectivity index (χ4v) is 2.01. The van der Waals surface area contributed by atoms with Crippen LogP contribution in [-0.2, 0) is 11.2 Å².